The van der Waals surface area contributed by atoms with Gasteiger partial charge in [-0.15, -0.1) is 0 Å². The van der Waals surface area contributed by atoms with Gasteiger partial charge in [0.05, 0.1) is 3.39 Å². The fourth-order valence-electron chi connectivity index (χ4n) is 1.67. The zero-order valence-electron chi connectivity index (χ0n) is 9.13. The molecule has 0 atom stereocenters. The maximum atomic E-state index is 3.62. The van der Waals surface area contributed by atoms with Crippen LogP contribution in [0.25, 0.3) is 5.57 Å². The van der Waals surface area contributed by atoms with E-state index < -0.39 is 0 Å². The van der Waals surface area contributed by atoms with Gasteiger partial charge < -0.3 is 0 Å². The summed E-state index contributed by atoms with van der Waals surface area (Å²) >= 11 is 14.2. The van der Waals surface area contributed by atoms with E-state index in [2.05, 4.69) is 81.9 Å². The van der Waals surface area contributed by atoms with Gasteiger partial charge in [-0.25, -0.2) is 0 Å². The highest BCUT2D eigenvalue weighted by atomic mass is 79.9. The van der Waals surface area contributed by atoms with E-state index in [0.29, 0.717) is 0 Å². The van der Waals surface area contributed by atoms with Crippen LogP contribution in [-0.2, 0) is 0 Å². The quantitative estimate of drug-likeness (QED) is 0.434. The zero-order chi connectivity index (χ0) is 13.1. The molecule has 4 heteroatoms. The van der Waals surface area contributed by atoms with Crippen LogP contribution in [0.15, 0.2) is 60.9 Å². The van der Waals surface area contributed by atoms with E-state index in [9.17, 15) is 0 Å². The summed E-state index contributed by atoms with van der Waals surface area (Å²) in [7, 11) is 0. The van der Waals surface area contributed by atoms with Gasteiger partial charge >= 0.3 is 0 Å². The van der Waals surface area contributed by atoms with E-state index in [-0.39, 0.29) is 0 Å². The Balaban J connectivity index is 2.65. The molecule has 0 radical (unpaired) electrons. The van der Waals surface area contributed by atoms with Crippen molar-refractivity contribution in [1.82, 2.24) is 0 Å². The number of hydrogen-bond acceptors (Lipinski definition) is 0. The van der Waals surface area contributed by atoms with Gasteiger partial charge in [0, 0.05) is 14.5 Å². The minimum Gasteiger partial charge on any atom is -0.0622 e. The highest BCUT2D eigenvalue weighted by Gasteiger charge is 2.13. The van der Waals surface area contributed by atoms with Crippen LogP contribution in [0.2, 0.25) is 0 Å². The molecule has 0 aliphatic heterocycles. The lowest BCUT2D eigenvalue weighted by Gasteiger charge is -2.12. The first kappa shape index (κ1) is 14.5. The van der Waals surface area contributed by atoms with Gasteiger partial charge in [0.1, 0.15) is 0 Å². The lowest BCUT2D eigenvalue weighted by atomic mass is 10.00. The highest BCUT2D eigenvalue weighted by molar-refractivity contribution is 9.28. The Kier molecular flexibility index (Phi) is 5.24. The average Bonchev–Trinajstić information content (AvgIpc) is 2.36. The van der Waals surface area contributed by atoms with E-state index >= 15 is 0 Å². The zero-order valence-corrected chi connectivity index (χ0v) is 15.5. The average molecular weight is 496 g/mol. The molecule has 0 N–H and O–H groups in total. The molecule has 0 nitrogen and oxygen atoms in total. The third-order valence-electron chi connectivity index (χ3n) is 2.47. The van der Waals surface area contributed by atoms with Crippen LogP contribution in [0, 0.1) is 0 Å². The van der Waals surface area contributed by atoms with Crippen molar-refractivity contribution in [3.8, 4) is 0 Å². The van der Waals surface area contributed by atoms with Gasteiger partial charge in [-0.05, 0) is 80.9 Å². The first-order valence-corrected chi connectivity index (χ1v) is 8.33. The minimum atomic E-state index is 0.931. The minimum absolute atomic E-state index is 0.931. The summed E-state index contributed by atoms with van der Waals surface area (Å²) in [4.78, 5) is 0. The number of hydrogen-bond donors (Lipinski definition) is 0. The fraction of sp³-hybridized carbons (Fsp3) is 0. The number of halogens is 4. The summed E-state index contributed by atoms with van der Waals surface area (Å²) in [6, 6.07) is 16.4. The van der Waals surface area contributed by atoms with Crippen LogP contribution in [-0.4, -0.2) is 0 Å². The predicted molar refractivity (Wildman–Crippen MR) is 92.2 cm³/mol. The fourth-order valence-corrected chi connectivity index (χ4v) is 3.38. The van der Waals surface area contributed by atoms with Crippen LogP contribution >= 0.6 is 63.7 Å². The largest absolute Gasteiger partial charge is 0.0688 e. The molecule has 18 heavy (non-hydrogen) atoms. The molecule has 2 aromatic carbocycles. The van der Waals surface area contributed by atoms with Crippen molar-refractivity contribution in [3.05, 3.63) is 72.0 Å². The van der Waals surface area contributed by atoms with Crippen LogP contribution in [0.3, 0.4) is 0 Å². The van der Waals surface area contributed by atoms with Crippen molar-refractivity contribution < 1.29 is 0 Å². The van der Waals surface area contributed by atoms with Crippen molar-refractivity contribution >= 4 is 69.3 Å². The molecule has 0 saturated heterocycles. The maximum absolute atomic E-state index is 3.62. The van der Waals surface area contributed by atoms with Crippen LogP contribution in [0.4, 0.5) is 0 Å². The van der Waals surface area contributed by atoms with E-state index in [1.54, 1.807) is 0 Å². The molecule has 0 aromatic heterocycles. The Labute approximate surface area is 140 Å². The summed E-state index contributed by atoms with van der Waals surface area (Å²) in [5, 5.41) is 0. The molecule has 2 rings (SSSR count). The lowest BCUT2D eigenvalue weighted by Crippen LogP contribution is -1.90. The molecule has 0 bridgehead atoms. The SMILES string of the molecule is BrC(Br)=C(c1ccccc1)c1cccc(Br)c1Br. The Morgan fingerprint density at radius 3 is 2.06 bits per heavy atom. The van der Waals surface area contributed by atoms with E-state index in [4.69, 9.17) is 0 Å². The summed E-state index contributed by atoms with van der Waals surface area (Å²) < 4.78 is 3.01. The molecule has 2 aromatic rings. The Morgan fingerprint density at radius 1 is 0.778 bits per heavy atom. The predicted octanol–water partition coefficient (Wildman–Crippen LogP) is 6.72. The molecule has 0 fully saturated rings. The molecular formula is C14H8Br4. The number of rotatable bonds is 2. The Morgan fingerprint density at radius 2 is 1.44 bits per heavy atom. The van der Waals surface area contributed by atoms with Crippen LogP contribution < -0.4 is 0 Å². The summed E-state index contributed by atoms with van der Waals surface area (Å²) in [6.45, 7) is 0. The molecule has 0 spiro atoms. The maximum Gasteiger partial charge on any atom is 0.0688 e. The normalized spacial score (nSPS) is 10.2. The molecular weight excluding hydrogens is 488 g/mol. The molecule has 0 saturated carbocycles. The molecule has 0 heterocycles. The van der Waals surface area contributed by atoms with E-state index in [0.717, 1.165) is 29.0 Å². The standard InChI is InChI=1S/C14H8Br4/c15-11-8-4-7-10(13(11)16)12(14(17)18)9-5-2-1-3-6-9/h1-8H. The van der Waals surface area contributed by atoms with Gasteiger partial charge in [-0.3, -0.25) is 0 Å². The molecule has 92 valence electrons. The molecule has 0 aliphatic rings. The second-order valence-electron chi connectivity index (χ2n) is 3.60. The highest BCUT2D eigenvalue weighted by Crippen LogP contribution is 2.39. The first-order valence-electron chi connectivity index (χ1n) is 5.16. The summed E-state index contributed by atoms with van der Waals surface area (Å²) in [6.07, 6.45) is 0. The van der Waals surface area contributed by atoms with Crippen molar-refractivity contribution in [2.45, 2.75) is 0 Å². The summed E-state index contributed by atoms with van der Waals surface area (Å²) in [5.41, 5.74) is 3.39. The molecule has 0 aliphatic carbocycles. The molecule has 0 unspecified atom stereocenters. The van der Waals surface area contributed by atoms with Gasteiger partial charge in [-0.1, -0.05) is 42.5 Å². The van der Waals surface area contributed by atoms with Crippen molar-refractivity contribution in [2.75, 3.05) is 0 Å². The van der Waals surface area contributed by atoms with Crippen molar-refractivity contribution in [3.63, 3.8) is 0 Å². The second-order valence-corrected chi connectivity index (χ2v) is 7.90. The topological polar surface area (TPSA) is 0 Å². The Hall–Kier alpha value is 0.1000. The van der Waals surface area contributed by atoms with Gasteiger partial charge in [0.2, 0.25) is 0 Å². The molecule has 0 amide bonds. The van der Waals surface area contributed by atoms with Gasteiger partial charge in [0.15, 0.2) is 0 Å². The van der Waals surface area contributed by atoms with E-state index in [1.807, 2.05) is 30.3 Å². The van der Waals surface area contributed by atoms with Crippen LogP contribution in [0.5, 0.6) is 0 Å². The third kappa shape index (κ3) is 3.16. The Bertz CT molecular complexity index is 584. The van der Waals surface area contributed by atoms with E-state index in [1.165, 1.54) is 0 Å². The van der Waals surface area contributed by atoms with Crippen LogP contribution in [0.1, 0.15) is 11.1 Å². The lowest BCUT2D eigenvalue weighted by molar-refractivity contribution is 1.49. The van der Waals surface area contributed by atoms with Gasteiger partial charge in [-0.2, -0.15) is 0 Å². The third-order valence-corrected chi connectivity index (χ3v) is 5.31. The first-order chi connectivity index (χ1) is 8.61. The summed E-state index contributed by atoms with van der Waals surface area (Å²) in [5.74, 6) is 0. The smallest absolute Gasteiger partial charge is 0.0622 e. The monoisotopic (exact) mass is 492 g/mol. The second kappa shape index (κ2) is 6.51. The van der Waals surface area contributed by atoms with Gasteiger partial charge in [0.25, 0.3) is 0 Å². The van der Waals surface area contributed by atoms with Crippen molar-refractivity contribution in [2.24, 2.45) is 0 Å². The van der Waals surface area contributed by atoms with Crippen molar-refractivity contribution in [1.29, 1.82) is 0 Å². The number of benzene rings is 2.